The van der Waals surface area contributed by atoms with Crippen molar-refractivity contribution in [2.45, 2.75) is 70.1 Å². The van der Waals surface area contributed by atoms with Gasteiger partial charge in [0.25, 0.3) is 0 Å². The lowest BCUT2D eigenvalue weighted by Gasteiger charge is -2.50. The number of ether oxygens (including phenoxy) is 2. The second-order valence-electron chi connectivity index (χ2n) is 6.84. The van der Waals surface area contributed by atoms with Crippen molar-refractivity contribution in [3.05, 3.63) is 0 Å². The first-order valence-electron chi connectivity index (χ1n) is 7.45. The third kappa shape index (κ3) is 3.27. The number of rotatable bonds is 0. The Morgan fingerprint density at radius 1 is 1.35 bits per heavy atom. The van der Waals surface area contributed by atoms with E-state index < -0.39 is 5.60 Å². The maximum atomic E-state index is 12.5. The van der Waals surface area contributed by atoms with Crippen LogP contribution in [0.1, 0.15) is 52.9 Å². The Morgan fingerprint density at radius 2 is 2.00 bits per heavy atom. The van der Waals surface area contributed by atoms with Gasteiger partial charge in [0.2, 0.25) is 0 Å². The highest BCUT2D eigenvalue weighted by molar-refractivity contribution is 5.69. The Bertz CT molecular complexity index is 399. The van der Waals surface area contributed by atoms with Gasteiger partial charge < -0.3 is 9.47 Å². The summed E-state index contributed by atoms with van der Waals surface area (Å²) in [6.45, 7) is 6.62. The molecule has 2 fully saturated rings. The van der Waals surface area contributed by atoms with Gasteiger partial charge in [0.05, 0.1) is 18.7 Å². The highest BCUT2D eigenvalue weighted by atomic mass is 16.6. The van der Waals surface area contributed by atoms with Crippen LogP contribution >= 0.6 is 0 Å². The molecule has 1 spiro atoms. The molecule has 1 saturated carbocycles. The van der Waals surface area contributed by atoms with E-state index in [9.17, 15) is 4.79 Å². The third-order valence-corrected chi connectivity index (χ3v) is 4.06. The molecule has 1 amide bonds. The number of morpholine rings is 1. The Hall–Kier alpha value is -1.21. The van der Waals surface area contributed by atoms with Crippen molar-refractivity contribution in [1.29, 1.82) is 0 Å². The smallest absolute Gasteiger partial charge is 0.410 e. The molecule has 2 rings (SSSR count). The van der Waals surface area contributed by atoms with Crippen LogP contribution < -0.4 is 0 Å². The molecule has 4 nitrogen and oxygen atoms in total. The molecule has 0 aromatic heterocycles. The van der Waals surface area contributed by atoms with Crippen molar-refractivity contribution >= 4 is 6.09 Å². The summed E-state index contributed by atoms with van der Waals surface area (Å²) in [6, 6.07) is 0. The molecule has 0 bridgehead atoms. The predicted molar refractivity (Wildman–Crippen MR) is 77.3 cm³/mol. The first-order valence-corrected chi connectivity index (χ1v) is 7.45. The van der Waals surface area contributed by atoms with Crippen molar-refractivity contribution in [2.75, 3.05) is 13.2 Å². The lowest BCUT2D eigenvalue weighted by Crippen LogP contribution is -2.62. The summed E-state index contributed by atoms with van der Waals surface area (Å²) in [7, 11) is 0. The van der Waals surface area contributed by atoms with Gasteiger partial charge in [-0.15, -0.1) is 6.42 Å². The largest absolute Gasteiger partial charge is 0.444 e. The van der Waals surface area contributed by atoms with E-state index in [1.54, 1.807) is 0 Å². The van der Waals surface area contributed by atoms with E-state index in [0.29, 0.717) is 13.2 Å². The van der Waals surface area contributed by atoms with Crippen LogP contribution in [0.5, 0.6) is 0 Å². The number of hydrogen-bond donors (Lipinski definition) is 0. The van der Waals surface area contributed by atoms with Gasteiger partial charge in [0.15, 0.2) is 0 Å². The van der Waals surface area contributed by atoms with Gasteiger partial charge in [-0.2, -0.15) is 0 Å². The summed E-state index contributed by atoms with van der Waals surface area (Å²) in [6.07, 6.45) is 10.3. The zero-order valence-electron chi connectivity index (χ0n) is 12.8. The molecule has 0 radical (unpaired) electrons. The Kier molecular flexibility index (Phi) is 4.29. The summed E-state index contributed by atoms with van der Waals surface area (Å²) < 4.78 is 11.3. The van der Waals surface area contributed by atoms with Gasteiger partial charge in [0.1, 0.15) is 11.7 Å². The first-order chi connectivity index (χ1) is 9.36. The molecule has 1 unspecified atom stereocenters. The van der Waals surface area contributed by atoms with Gasteiger partial charge in [-0.25, -0.2) is 4.79 Å². The summed E-state index contributed by atoms with van der Waals surface area (Å²) >= 11 is 0. The highest BCUT2D eigenvalue weighted by Gasteiger charge is 2.46. The molecule has 1 heterocycles. The molecule has 0 aromatic carbocycles. The van der Waals surface area contributed by atoms with Gasteiger partial charge >= 0.3 is 6.09 Å². The fraction of sp³-hybridized carbons (Fsp3) is 0.812. The Labute approximate surface area is 121 Å². The molecular weight excluding hydrogens is 254 g/mol. The second kappa shape index (κ2) is 5.65. The van der Waals surface area contributed by atoms with Crippen LogP contribution in [0.4, 0.5) is 4.79 Å². The van der Waals surface area contributed by atoms with E-state index in [1.165, 1.54) is 6.42 Å². The molecule has 4 heteroatoms. The molecule has 20 heavy (non-hydrogen) atoms. The minimum Gasteiger partial charge on any atom is -0.444 e. The van der Waals surface area contributed by atoms with E-state index in [4.69, 9.17) is 15.9 Å². The van der Waals surface area contributed by atoms with Gasteiger partial charge in [-0.3, -0.25) is 4.90 Å². The van der Waals surface area contributed by atoms with Crippen molar-refractivity contribution in [3.63, 3.8) is 0 Å². The van der Waals surface area contributed by atoms with E-state index >= 15 is 0 Å². The minimum absolute atomic E-state index is 0.214. The van der Waals surface area contributed by atoms with E-state index in [0.717, 1.165) is 25.7 Å². The van der Waals surface area contributed by atoms with Crippen LogP contribution in [0.15, 0.2) is 0 Å². The lowest BCUT2D eigenvalue weighted by atomic mass is 9.80. The van der Waals surface area contributed by atoms with Crippen LogP contribution in [0, 0.1) is 12.3 Å². The average molecular weight is 279 g/mol. The van der Waals surface area contributed by atoms with Crippen molar-refractivity contribution < 1.29 is 14.3 Å². The SMILES string of the molecule is C#CC1CN(C(=O)OC(C)(C)C)C2(CCCCC2)CO1. The summed E-state index contributed by atoms with van der Waals surface area (Å²) in [5.74, 6) is 2.60. The second-order valence-corrected chi connectivity index (χ2v) is 6.84. The third-order valence-electron chi connectivity index (χ3n) is 4.06. The molecule has 1 saturated heterocycles. The van der Waals surface area contributed by atoms with Gasteiger partial charge in [-0.05, 0) is 33.6 Å². The number of amides is 1. The minimum atomic E-state index is -0.489. The fourth-order valence-electron chi connectivity index (χ4n) is 3.06. The van der Waals surface area contributed by atoms with Crippen LogP contribution in [-0.2, 0) is 9.47 Å². The molecular formula is C16H25NO3. The molecule has 2 aliphatic rings. The number of carbonyl (C=O) groups is 1. The standard InChI is InChI=1S/C16H25NO3/c1-5-13-11-17(14(18)20-15(2,3)4)16(12-19-13)9-7-6-8-10-16/h1,13H,6-12H2,2-4H3. The van der Waals surface area contributed by atoms with Gasteiger partial charge in [-0.1, -0.05) is 25.2 Å². The highest BCUT2D eigenvalue weighted by Crippen LogP contribution is 2.37. The quantitative estimate of drug-likeness (QED) is 0.640. The fourth-order valence-corrected chi connectivity index (χ4v) is 3.06. The zero-order chi connectivity index (χ0) is 14.8. The first kappa shape index (κ1) is 15.2. The topological polar surface area (TPSA) is 38.8 Å². The summed E-state index contributed by atoms with van der Waals surface area (Å²) in [5, 5.41) is 0. The summed E-state index contributed by atoms with van der Waals surface area (Å²) in [4.78, 5) is 14.4. The van der Waals surface area contributed by atoms with E-state index in [2.05, 4.69) is 5.92 Å². The van der Waals surface area contributed by atoms with Crippen molar-refractivity contribution in [3.8, 4) is 12.3 Å². The van der Waals surface area contributed by atoms with Crippen LogP contribution in [0.2, 0.25) is 0 Å². The number of hydrogen-bond acceptors (Lipinski definition) is 3. The van der Waals surface area contributed by atoms with Crippen molar-refractivity contribution in [1.82, 2.24) is 4.90 Å². The number of carbonyl (C=O) groups excluding carboxylic acids is 1. The predicted octanol–water partition coefficient (Wildman–Crippen LogP) is 2.96. The Morgan fingerprint density at radius 3 is 2.55 bits per heavy atom. The maximum absolute atomic E-state index is 12.5. The monoisotopic (exact) mass is 279 g/mol. The number of terminal acetylenes is 1. The number of nitrogens with zero attached hydrogens (tertiary/aromatic N) is 1. The van der Waals surface area contributed by atoms with Gasteiger partial charge in [0, 0.05) is 0 Å². The maximum Gasteiger partial charge on any atom is 0.410 e. The van der Waals surface area contributed by atoms with E-state index in [1.807, 2.05) is 25.7 Å². The molecule has 1 aliphatic carbocycles. The van der Waals surface area contributed by atoms with Crippen LogP contribution in [-0.4, -0.2) is 41.4 Å². The lowest BCUT2D eigenvalue weighted by molar-refractivity contribution is -0.106. The van der Waals surface area contributed by atoms with Crippen molar-refractivity contribution in [2.24, 2.45) is 0 Å². The Balaban J connectivity index is 2.18. The normalized spacial score (nSPS) is 26.1. The van der Waals surface area contributed by atoms with Crippen LogP contribution in [0.25, 0.3) is 0 Å². The summed E-state index contributed by atoms with van der Waals surface area (Å²) in [5.41, 5.74) is -0.704. The molecule has 0 aromatic rings. The van der Waals surface area contributed by atoms with E-state index in [-0.39, 0.29) is 17.7 Å². The zero-order valence-corrected chi connectivity index (χ0v) is 12.8. The molecule has 112 valence electrons. The average Bonchev–Trinajstić information content (AvgIpc) is 2.38. The molecule has 0 N–H and O–H groups in total. The van der Waals surface area contributed by atoms with Crippen LogP contribution in [0.3, 0.4) is 0 Å². The molecule has 1 aliphatic heterocycles. The molecule has 1 atom stereocenters.